The topological polar surface area (TPSA) is 97.3 Å². The summed E-state index contributed by atoms with van der Waals surface area (Å²) in [7, 11) is -2.98. The molecule has 3 rings (SSSR count). The van der Waals surface area contributed by atoms with Gasteiger partial charge in [-0.1, -0.05) is 12.1 Å². The number of para-hydroxylation sites is 2. The first kappa shape index (κ1) is 19.3. The van der Waals surface area contributed by atoms with Gasteiger partial charge in [0, 0.05) is 12.6 Å². The van der Waals surface area contributed by atoms with Gasteiger partial charge in [-0.05, 0) is 39.3 Å². The van der Waals surface area contributed by atoms with Gasteiger partial charge in [-0.15, -0.1) is 5.10 Å². The lowest BCUT2D eigenvalue weighted by atomic mass is 10.2. The van der Waals surface area contributed by atoms with Crippen molar-refractivity contribution in [3.63, 3.8) is 0 Å². The van der Waals surface area contributed by atoms with E-state index in [2.05, 4.69) is 20.5 Å². The third-order valence-electron chi connectivity index (χ3n) is 4.31. The molecule has 0 spiro atoms. The van der Waals surface area contributed by atoms with Crippen LogP contribution in [-0.4, -0.2) is 53.8 Å². The number of nitrogens with zero attached hydrogens (tertiary/aromatic N) is 4. The minimum absolute atomic E-state index is 0.0481. The molecule has 1 aromatic heterocycles. The van der Waals surface area contributed by atoms with Gasteiger partial charge in [-0.3, -0.25) is 0 Å². The molecule has 9 heteroatoms. The van der Waals surface area contributed by atoms with E-state index < -0.39 is 9.84 Å². The summed E-state index contributed by atoms with van der Waals surface area (Å²) < 4.78 is 29.5. The second kappa shape index (κ2) is 8.08. The van der Waals surface area contributed by atoms with Crippen LogP contribution < -0.4 is 15.0 Å². The van der Waals surface area contributed by atoms with Gasteiger partial charge < -0.3 is 15.0 Å². The summed E-state index contributed by atoms with van der Waals surface area (Å²) in [6.07, 6.45) is 2.17. The molecule has 27 heavy (non-hydrogen) atoms. The summed E-state index contributed by atoms with van der Waals surface area (Å²) in [5.41, 5.74) is 0.782. The van der Waals surface area contributed by atoms with Crippen LogP contribution in [0, 0.1) is 0 Å². The highest BCUT2D eigenvalue weighted by atomic mass is 32.2. The molecule has 0 aliphatic carbocycles. The van der Waals surface area contributed by atoms with Crippen molar-refractivity contribution in [2.45, 2.75) is 39.3 Å². The van der Waals surface area contributed by atoms with E-state index in [1.54, 1.807) is 0 Å². The number of anilines is 3. The van der Waals surface area contributed by atoms with Crippen molar-refractivity contribution in [2.24, 2.45) is 0 Å². The molecule has 0 amide bonds. The normalized spacial score (nSPS) is 18.4. The van der Waals surface area contributed by atoms with Crippen molar-refractivity contribution in [1.82, 2.24) is 15.2 Å². The van der Waals surface area contributed by atoms with E-state index in [4.69, 9.17) is 4.74 Å². The van der Waals surface area contributed by atoms with Gasteiger partial charge in [-0.25, -0.2) is 8.42 Å². The molecule has 1 N–H and O–H groups in total. The highest BCUT2D eigenvalue weighted by Crippen LogP contribution is 2.28. The molecule has 1 unspecified atom stereocenters. The van der Waals surface area contributed by atoms with Crippen molar-refractivity contribution < 1.29 is 13.2 Å². The summed E-state index contributed by atoms with van der Waals surface area (Å²) in [6, 6.07) is 7.49. The Bertz CT molecular complexity index is 888. The van der Waals surface area contributed by atoms with Crippen LogP contribution in [0.1, 0.15) is 27.2 Å². The smallest absolute Gasteiger partial charge is 0.247 e. The number of hydrogen-bond acceptors (Lipinski definition) is 8. The fourth-order valence-electron chi connectivity index (χ4n) is 3.12. The number of hydrogen-bond donors (Lipinski definition) is 1. The van der Waals surface area contributed by atoms with Crippen molar-refractivity contribution in [3.8, 4) is 5.75 Å². The predicted molar refractivity (Wildman–Crippen MR) is 105 cm³/mol. The van der Waals surface area contributed by atoms with Crippen LogP contribution in [0.15, 0.2) is 30.5 Å². The number of nitrogens with one attached hydrogen (secondary N) is 1. The fraction of sp³-hybridized carbons (Fsp3) is 0.500. The highest BCUT2D eigenvalue weighted by Gasteiger charge is 2.33. The van der Waals surface area contributed by atoms with Gasteiger partial charge in [0.05, 0.1) is 29.5 Å². The summed E-state index contributed by atoms with van der Waals surface area (Å²) in [4.78, 5) is 6.44. The Morgan fingerprint density at radius 2 is 2.11 bits per heavy atom. The molecule has 2 aromatic rings. The molecule has 0 radical (unpaired) electrons. The van der Waals surface area contributed by atoms with Crippen LogP contribution in [0.25, 0.3) is 0 Å². The zero-order valence-corrected chi connectivity index (χ0v) is 16.6. The fourth-order valence-corrected chi connectivity index (χ4v) is 4.86. The van der Waals surface area contributed by atoms with Crippen molar-refractivity contribution in [1.29, 1.82) is 0 Å². The van der Waals surface area contributed by atoms with E-state index in [0.29, 0.717) is 24.7 Å². The third kappa shape index (κ3) is 4.85. The standard InChI is InChI=1S/C18H25N5O3S/c1-4-23(14-9-10-27(24,25)12-14)18-21-17(11-19-22-18)20-15-7-5-6-8-16(15)26-13(2)3/h5-8,11,13-14H,4,9-10,12H2,1-3H3,(H,20,21,22). The van der Waals surface area contributed by atoms with Crippen molar-refractivity contribution in [3.05, 3.63) is 30.5 Å². The molecule has 1 fully saturated rings. The van der Waals surface area contributed by atoms with Gasteiger partial charge >= 0.3 is 0 Å². The molecule has 8 nitrogen and oxygen atoms in total. The maximum atomic E-state index is 11.8. The molecular formula is C18H25N5O3S. The molecule has 1 saturated heterocycles. The van der Waals surface area contributed by atoms with E-state index in [9.17, 15) is 8.42 Å². The number of benzene rings is 1. The van der Waals surface area contributed by atoms with Gasteiger partial charge in [0.15, 0.2) is 15.7 Å². The minimum atomic E-state index is -2.98. The Morgan fingerprint density at radius 1 is 1.33 bits per heavy atom. The maximum absolute atomic E-state index is 11.8. The first-order chi connectivity index (χ1) is 12.9. The van der Waals surface area contributed by atoms with E-state index in [1.807, 2.05) is 49.9 Å². The van der Waals surface area contributed by atoms with Gasteiger partial charge in [0.1, 0.15) is 5.75 Å². The number of aromatic nitrogens is 3. The zero-order valence-electron chi connectivity index (χ0n) is 15.8. The molecule has 0 bridgehead atoms. The third-order valence-corrected chi connectivity index (χ3v) is 6.06. The minimum Gasteiger partial charge on any atom is -0.489 e. The Balaban J connectivity index is 1.82. The summed E-state index contributed by atoms with van der Waals surface area (Å²) in [6.45, 7) is 6.50. The first-order valence-electron chi connectivity index (χ1n) is 9.07. The Morgan fingerprint density at radius 3 is 2.78 bits per heavy atom. The van der Waals surface area contributed by atoms with Gasteiger partial charge in [-0.2, -0.15) is 10.1 Å². The molecule has 146 valence electrons. The lowest BCUT2D eigenvalue weighted by Crippen LogP contribution is -2.37. The molecule has 0 saturated carbocycles. The molecule has 1 aromatic carbocycles. The zero-order chi connectivity index (χ0) is 19.4. The van der Waals surface area contributed by atoms with Crippen LogP contribution in [0.5, 0.6) is 5.75 Å². The SMILES string of the molecule is CCN(c1nncc(Nc2ccccc2OC(C)C)n1)C1CCS(=O)(=O)C1. The maximum Gasteiger partial charge on any atom is 0.247 e. The van der Waals surface area contributed by atoms with Crippen LogP contribution in [0.3, 0.4) is 0 Å². The lowest BCUT2D eigenvalue weighted by Gasteiger charge is -2.26. The molecular weight excluding hydrogens is 366 g/mol. The van der Waals surface area contributed by atoms with Gasteiger partial charge in [0.25, 0.3) is 0 Å². The number of ether oxygens (including phenoxy) is 1. The molecule has 1 aliphatic rings. The van der Waals surface area contributed by atoms with Crippen molar-refractivity contribution in [2.75, 3.05) is 28.3 Å². The summed E-state index contributed by atoms with van der Waals surface area (Å²) >= 11 is 0. The quantitative estimate of drug-likeness (QED) is 0.768. The van der Waals surface area contributed by atoms with Crippen LogP contribution in [0.4, 0.5) is 17.5 Å². The highest BCUT2D eigenvalue weighted by molar-refractivity contribution is 7.91. The summed E-state index contributed by atoms with van der Waals surface area (Å²) in [5.74, 6) is 2.01. The monoisotopic (exact) mass is 391 g/mol. The molecule has 2 heterocycles. The largest absolute Gasteiger partial charge is 0.489 e. The van der Waals surface area contributed by atoms with E-state index in [0.717, 1.165) is 11.4 Å². The van der Waals surface area contributed by atoms with Crippen LogP contribution >= 0.6 is 0 Å². The predicted octanol–water partition coefficient (Wildman–Crippen LogP) is 2.42. The van der Waals surface area contributed by atoms with E-state index in [1.165, 1.54) is 6.20 Å². The molecule has 1 aliphatic heterocycles. The van der Waals surface area contributed by atoms with Crippen LogP contribution in [0.2, 0.25) is 0 Å². The average Bonchev–Trinajstić information content (AvgIpc) is 2.97. The average molecular weight is 391 g/mol. The summed E-state index contributed by atoms with van der Waals surface area (Å²) in [5, 5.41) is 11.4. The number of rotatable bonds is 7. The Kier molecular flexibility index (Phi) is 5.79. The van der Waals surface area contributed by atoms with E-state index >= 15 is 0 Å². The van der Waals surface area contributed by atoms with Gasteiger partial charge in [0.2, 0.25) is 5.95 Å². The Labute approximate surface area is 159 Å². The molecule has 1 atom stereocenters. The van der Waals surface area contributed by atoms with Crippen LogP contribution in [-0.2, 0) is 9.84 Å². The number of sulfone groups is 1. The second-order valence-corrected chi connectivity index (χ2v) is 9.00. The van der Waals surface area contributed by atoms with Crippen molar-refractivity contribution >= 4 is 27.3 Å². The second-order valence-electron chi connectivity index (χ2n) is 6.77. The van der Waals surface area contributed by atoms with E-state index in [-0.39, 0.29) is 23.7 Å². The first-order valence-corrected chi connectivity index (χ1v) is 10.9. The Hall–Kier alpha value is -2.42. The lowest BCUT2D eigenvalue weighted by molar-refractivity contribution is 0.244.